The number of hydrogen-bond donors (Lipinski definition) is 1. The van der Waals surface area contributed by atoms with Crippen molar-refractivity contribution in [2.24, 2.45) is 0 Å². The Balaban J connectivity index is 1.94. The molecule has 1 saturated heterocycles. The third kappa shape index (κ3) is 3.05. The minimum absolute atomic E-state index is 0.0172. The van der Waals surface area contributed by atoms with E-state index >= 15 is 0 Å². The lowest BCUT2D eigenvalue weighted by Gasteiger charge is -2.33. The van der Waals surface area contributed by atoms with Gasteiger partial charge in [0.1, 0.15) is 0 Å². The van der Waals surface area contributed by atoms with Crippen molar-refractivity contribution in [1.82, 2.24) is 5.32 Å². The Morgan fingerprint density at radius 3 is 2.22 bits per heavy atom. The largest absolute Gasteiger partial charge is 0.368 e. The smallest absolute Gasteiger partial charge is 0.0787 e. The molecule has 0 aromatic carbocycles. The van der Waals surface area contributed by atoms with Crippen molar-refractivity contribution in [1.29, 1.82) is 0 Å². The molecular formula is C15H29NOS. The van der Waals surface area contributed by atoms with Gasteiger partial charge in [0.05, 0.1) is 11.2 Å². The number of nitrogens with one attached hydrogen (secondary N) is 1. The first kappa shape index (κ1) is 14.7. The highest BCUT2D eigenvalue weighted by Gasteiger charge is 2.46. The molecule has 1 saturated carbocycles. The van der Waals surface area contributed by atoms with Crippen LogP contribution in [0.4, 0.5) is 0 Å². The second kappa shape index (κ2) is 4.99. The topological polar surface area (TPSA) is 21.3 Å². The summed E-state index contributed by atoms with van der Waals surface area (Å²) in [5.41, 5.74) is -0.0228. The molecule has 1 N–H and O–H groups in total. The van der Waals surface area contributed by atoms with E-state index in [9.17, 15) is 0 Å². The molecule has 2 nitrogen and oxygen atoms in total. The van der Waals surface area contributed by atoms with Gasteiger partial charge in [0.2, 0.25) is 0 Å². The molecule has 2 aliphatic rings. The second-order valence-corrected chi connectivity index (χ2v) is 8.47. The molecule has 18 heavy (non-hydrogen) atoms. The van der Waals surface area contributed by atoms with Crippen molar-refractivity contribution in [3.63, 3.8) is 0 Å². The summed E-state index contributed by atoms with van der Waals surface area (Å²) >= 11 is 2.06. The summed E-state index contributed by atoms with van der Waals surface area (Å²) < 4.78 is 6.65. The van der Waals surface area contributed by atoms with E-state index < -0.39 is 0 Å². The van der Waals surface area contributed by atoms with Gasteiger partial charge >= 0.3 is 0 Å². The highest BCUT2D eigenvalue weighted by atomic mass is 32.2. The van der Waals surface area contributed by atoms with E-state index in [1.165, 1.54) is 25.7 Å². The minimum atomic E-state index is -0.0400. The molecule has 0 spiro atoms. The lowest BCUT2D eigenvalue weighted by atomic mass is 9.93. The van der Waals surface area contributed by atoms with Crippen LogP contribution in [0.15, 0.2) is 0 Å². The van der Waals surface area contributed by atoms with Gasteiger partial charge in [0.25, 0.3) is 0 Å². The van der Waals surface area contributed by atoms with E-state index in [0.29, 0.717) is 10.8 Å². The SMILES string of the molecule is CSC1(CNC2CC(C)(C)OC2(C)C)CCCC1. The summed E-state index contributed by atoms with van der Waals surface area (Å²) in [5.74, 6) is 0. The zero-order valence-electron chi connectivity index (χ0n) is 12.6. The first-order valence-electron chi connectivity index (χ1n) is 7.27. The van der Waals surface area contributed by atoms with Gasteiger partial charge in [-0.15, -0.1) is 0 Å². The van der Waals surface area contributed by atoms with E-state index in [2.05, 4.69) is 51.0 Å². The van der Waals surface area contributed by atoms with E-state index in [0.717, 1.165) is 13.0 Å². The molecule has 3 heteroatoms. The van der Waals surface area contributed by atoms with Crippen LogP contribution >= 0.6 is 11.8 Å². The summed E-state index contributed by atoms with van der Waals surface area (Å²) in [6, 6.07) is 0.483. The highest BCUT2D eigenvalue weighted by molar-refractivity contribution is 8.00. The standard InChI is InChI=1S/C15H29NOS/c1-13(2)10-12(14(3,4)17-13)16-11-15(18-5)8-6-7-9-15/h12,16H,6-11H2,1-5H3. The van der Waals surface area contributed by atoms with Gasteiger partial charge in [0, 0.05) is 17.3 Å². The Labute approximate surface area is 117 Å². The monoisotopic (exact) mass is 271 g/mol. The maximum absolute atomic E-state index is 6.16. The van der Waals surface area contributed by atoms with Gasteiger partial charge < -0.3 is 10.1 Å². The summed E-state index contributed by atoms with van der Waals surface area (Å²) in [5, 5.41) is 3.82. The van der Waals surface area contributed by atoms with Crippen LogP contribution in [0.1, 0.15) is 59.8 Å². The predicted molar refractivity (Wildman–Crippen MR) is 80.4 cm³/mol. The van der Waals surface area contributed by atoms with Crippen molar-refractivity contribution in [2.45, 2.75) is 81.8 Å². The Morgan fingerprint density at radius 1 is 1.17 bits per heavy atom. The van der Waals surface area contributed by atoms with Crippen LogP contribution in [0, 0.1) is 0 Å². The summed E-state index contributed by atoms with van der Waals surface area (Å²) in [6.45, 7) is 9.99. The fourth-order valence-electron chi connectivity index (χ4n) is 3.66. The molecule has 2 rings (SSSR count). The molecule has 2 fully saturated rings. The molecular weight excluding hydrogens is 242 g/mol. The molecule has 106 valence electrons. The van der Waals surface area contributed by atoms with Gasteiger partial charge in [-0.25, -0.2) is 0 Å². The Kier molecular flexibility index (Phi) is 4.07. The summed E-state index contributed by atoms with van der Waals surface area (Å²) in [4.78, 5) is 0. The quantitative estimate of drug-likeness (QED) is 0.844. The molecule has 0 aromatic heterocycles. The van der Waals surface area contributed by atoms with E-state index in [1.54, 1.807) is 0 Å². The van der Waals surface area contributed by atoms with Crippen molar-refractivity contribution in [3.05, 3.63) is 0 Å². The molecule has 1 unspecified atom stereocenters. The molecule has 0 amide bonds. The molecule has 1 heterocycles. The number of ether oxygens (including phenoxy) is 1. The minimum Gasteiger partial charge on any atom is -0.368 e. The lowest BCUT2D eigenvalue weighted by molar-refractivity contribution is -0.0698. The molecule has 0 radical (unpaired) electrons. The number of thioether (sulfide) groups is 1. The Bertz CT molecular complexity index is 295. The van der Waals surface area contributed by atoms with Gasteiger partial charge in [-0.1, -0.05) is 12.8 Å². The van der Waals surface area contributed by atoms with Crippen molar-refractivity contribution >= 4 is 11.8 Å². The first-order valence-corrected chi connectivity index (χ1v) is 8.50. The molecule has 1 atom stereocenters. The van der Waals surface area contributed by atoms with Crippen LogP contribution < -0.4 is 5.32 Å². The van der Waals surface area contributed by atoms with E-state index in [1.807, 2.05) is 0 Å². The number of rotatable bonds is 4. The van der Waals surface area contributed by atoms with Gasteiger partial charge in [0.15, 0.2) is 0 Å². The van der Waals surface area contributed by atoms with E-state index in [4.69, 9.17) is 4.74 Å². The maximum atomic E-state index is 6.16. The first-order chi connectivity index (χ1) is 8.29. The Hall–Kier alpha value is 0.270. The maximum Gasteiger partial charge on any atom is 0.0787 e. The number of hydrogen-bond acceptors (Lipinski definition) is 3. The highest BCUT2D eigenvalue weighted by Crippen LogP contribution is 2.41. The van der Waals surface area contributed by atoms with Crippen LogP contribution in [0.25, 0.3) is 0 Å². The zero-order chi connectivity index (χ0) is 13.4. The van der Waals surface area contributed by atoms with Crippen LogP contribution in [0.2, 0.25) is 0 Å². The van der Waals surface area contributed by atoms with Crippen LogP contribution in [-0.4, -0.2) is 34.8 Å². The lowest BCUT2D eigenvalue weighted by Crippen LogP contribution is -2.48. The van der Waals surface area contributed by atoms with Gasteiger partial charge in [-0.05, 0) is 53.2 Å². The summed E-state index contributed by atoms with van der Waals surface area (Å²) in [7, 11) is 0. The van der Waals surface area contributed by atoms with Gasteiger partial charge in [-0.2, -0.15) is 11.8 Å². The molecule has 1 aliphatic carbocycles. The fourth-order valence-corrected chi connectivity index (χ4v) is 4.59. The predicted octanol–water partition coefficient (Wildman–Crippen LogP) is 3.60. The summed E-state index contributed by atoms with van der Waals surface area (Å²) in [6.07, 6.45) is 8.94. The second-order valence-electron chi connectivity index (χ2n) is 7.20. The Morgan fingerprint density at radius 2 is 1.78 bits per heavy atom. The van der Waals surface area contributed by atoms with E-state index in [-0.39, 0.29) is 11.2 Å². The van der Waals surface area contributed by atoms with Crippen LogP contribution in [-0.2, 0) is 4.74 Å². The third-order valence-corrected chi connectivity index (χ3v) is 6.11. The molecule has 0 aromatic rings. The van der Waals surface area contributed by atoms with Crippen LogP contribution in [0.5, 0.6) is 0 Å². The van der Waals surface area contributed by atoms with Crippen molar-refractivity contribution < 1.29 is 4.74 Å². The van der Waals surface area contributed by atoms with Crippen molar-refractivity contribution in [3.8, 4) is 0 Å². The zero-order valence-corrected chi connectivity index (χ0v) is 13.5. The average Bonchev–Trinajstić information content (AvgIpc) is 2.78. The molecule has 1 aliphatic heterocycles. The molecule has 0 bridgehead atoms. The van der Waals surface area contributed by atoms with Crippen LogP contribution in [0.3, 0.4) is 0 Å². The fraction of sp³-hybridized carbons (Fsp3) is 1.00. The normalized spacial score (nSPS) is 32.8. The van der Waals surface area contributed by atoms with Gasteiger partial charge in [-0.3, -0.25) is 0 Å². The average molecular weight is 271 g/mol. The van der Waals surface area contributed by atoms with Crippen molar-refractivity contribution in [2.75, 3.05) is 12.8 Å². The third-order valence-electron chi connectivity index (χ3n) is 4.69.